The van der Waals surface area contributed by atoms with Crippen molar-refractivity contribution in [2.24, 2.45) is 0 Å². The van der Waals surface area contributed by atoms with Gasteiger partial charge in [-0.05, 0) is 30.5 Å². The maximum absolute atomic E-state index is 13.2. The van der Waals surface area contributed by atoms with Gasteiger partial charge in [0.25, 0.3) is 17.0 Å². The number of hydrogen-bond acceptors (Lipinski definition) is 6. The molecule has 184 valence electrons. The quantitative estimate of drug-likeness (QED) is 0.376. The molecule has 0 bridgehead atoms. The molecular weight excluding hydrogens is 462 g/mol. The zero-order valence-corrected chi connectivity index (χ0v) is 19.4. The second-order valence-corrected chi connectivity index (χ2v) is 8.76. The molecule has 1 aliphatic heterocycles. The first-order chi connectivity index (χ1) is 17.5. The second kappa shape index (κ2) is 9.98. The van der Waals surface area contributed by atoms with E-state index in [4.69, 9.17) is 0 Å². The average Bonchev–Trinajstić information content (AvgIpc) is 3.38. The molecule has 1 fully saturated rings. The van der Waals surface area contributed by atoms with Crippen molar-refractivity contribution in [3.8, 4) is 0 Å². The lowest BCUT2D eigenvalue weighted by Gasteiger charge is -2.33. The molecule has 4 aromatic rings. The molecule has 0 radical (unpaired) electrons. The summed E-state index contributed by atoms with van der Waals surface area (Å²) in [4.78, 5) is 52.0. The largest absolute Gasteiger partial charge is 0.345 e. The molecule has 3 N–H and O–H groups in total. The summed E-state index contributed by atoms with van der Waals surface area (Å²) in [6.45, 7) is 0.917. The normalized spacial score (nSPS) is 15.1. The Balaban J connectivity index is 1.27. The summed E-state index contributed by atoms with van der Waals surface area (Å²) < 4.78 is 1.48. The molecule has 11 nitrogen and oxygen atoms in total. The third-order valence-corrected chi connectivity index (χ3v) is 6.50. The van der Waals surface area contributed by atoms with Crippen LogP contribution in [0.3, 0.4) is 0 Å². The second-order valence-electron chi connectivity index (χ2n) is 8.76. The molecule has 2 amide bonds. The summed E-state index contributed by atoms with van der Waals surface area (Å²) in [5.41, 5.74) is 0.540. The lowest BCUT2D eigenvalue weighted by molar-refractivity contribution is -0.133. The summed E-state index contributed by atoms with van der Waals surface area (Å²) in [6.07, 6.45) is 1.24. The first-order valence-corrected chi connectivity index (χ1v) is 11.8. The molecule has 36 heavy (non-hydrogen) atoms. The van der Waals surface area contributed by atoms with Crippen LogP contribution in [-0.2, 0) is 4.79 Å². The molecular formula is C25H25N7O4. The predicted molar refractivity (Wildman–Crippen MR) is 131 cm³/mol. The van der Waals surface area contributed by atoms with Crippen LogP contribution in [0, 0.1) is 0 Å². The van der Waals surface area contributed by atoms with Crippen molar-refractivity contribution < 1.29 is 9.59 Å². The van der Waals surface area contributed by atoms with Crippen molar-refractivity contribution in [3.05, 3.63) is 92.5 Å². The van der Waals surface area contributed by atoms with Gasteiger partial charge in [0.15, 0.2) is 11.0 Å². The Bertz CT molecular complexity index is 1490. The number of aromatic nitrogens is 5. The molecule has 11 heteroatoms. The van der Waals surface area contributed by atoms with Gasteiger partial charge in [-0.3, -0.25) is 29.4 Å². The molecule has 0 aliphatic carbocycles. The number of nitrogens with zero attached hydrogens (tertiary/aromatic N) is 4. The van der Waals surface area contributed by atoms with E-state index in [0.29, 0.717) is 31.5 Å². The molecule has 0 spiro atoms. The number of benzene rings is 2. The van der Waals surface area contributed by atoms with Crippen molar-refractivity contribution in [1.82, 2.24) is 35.4 Å². The van der Waals surface area contributed by atoms with E-state index < -0.39 is 17.2 Å². The van der Waals surface area contributed by atoms with Crippen molar-refractivity contribution >= 4 is 22.8 Å². The third kappa shape index (κ3) is 4.67. The van der Waals surface area contributed by atoms with Gasteiger partial charge < -0.3 is 10.2 Å². The zero-order valence-electron chi connectivity index (χ0n) is 19.4. The SMILES string of the molecule is O=C(NC(CC(=O)N1CCC(n2nnc3c(=O)[nH][nH]c(=O)c32)CC1)c1ccccc1)c1ccccc1. The van der Waals surface area contributed by atoms with Crippen LogP contribution in [0.1, 0.15) is 47.3 Å². The highest BCUT2D eigenvalue weighted by molar-refractivity contribution is 5.94. The van der Waals surface area contributed by atoms with Crippen LogP contribution in [0.25, 0.3) is 11.0 Å². The van der Waals surface area contributed by atoms with Gasteiger partial charge in [0.1, 0.15) is 0 Å². The summed E-state index contributed by atoms with van der Waals surface area (Å²) >= 11 is 0. The van der Waals surface area contributed by atoms with Gasteiger partial charge in [-0.15, -0.1) is 5.10 Å². The highest BCUT2D eigenvalue weighted by Gasteiger charge is 2.29. The van der Waals surface area contributed by atoms with Crippen molar-refractivity contribution in [3.63, 3.8) is 0 Å². The minimum atomic E-state index is -0.507. The molecule has 1 atom stereocenters. The van der Waals surface area contributed by atoms with E-state index in [1.54, 1.807) is 29.2 Å². The number of fused-ring (bicyclic) bond motifs is 1. The molecule has 2 aromatic heterocycles. The number of carbonyl (C=O) groups excluding carboxylic acids is 2. The summed E-state index contributed by atoms with van der Waals surface area (Å²) in [7, 11) is 0. The number of piperidine rings is 1. The number of likely N-dealkylation sites (tertiary alicyclic amines) is 1. The highest BCUT2D eigenvalue weighted by atomic mass is 16.2. The van der Waals surface area contributed by atoms with Gasteiger partial charge in [0.2, 0.25) is 5.91 Å². The molecule has 5 rings (SSSR count). The topological polar surface area (TPSA) is 146 Å². The number of aromatic amines is 2. The Morgan fingerprint density at radius 1 is 0.944 bits per heavy atom. The Morgan fingerprint density at radius 3 is 2.28 bits per heavy atom. The number of amides is 2. The molecule has 1 unspecified atom stereocenters. The molecule has 1 aliphatic rings. The minimum Gasteiger partial charge on any atom is -0.345 e. The Hall–Kier alpha value is -4.54. The zero-order chi connectivity index (χ0) is 25.1. The summed E-state index contributed by atoms with van der Waals surface area (Å²) in [6, 6.07) is 17.7. The van der Waals surface area contributed by atoms with Gasteiger partial charge >= 0.3 is 0 Å². The number of H-pyrrole nitrogens is 2. The summed E-state index contributed by atoms with van der Waals surface area (Å²) in [5, 5.41) is 15.5. The van der Waals surface area contributed by atoms with E-state index in [1.165, 1.54) is 4.68 Å². The maximum Gasteiger partial charge on any atom is 0.292 e. The minimum absolute atomic E-state index is 0.00267. The van der Waals surface area contributed by atoms with Gasteiger partial charge in [-0.25, -0.2) is 4.68 Å². The Kier molecular flexibility index (Phi) is 6.44. The van der Waals surface area contributed by atoms with E-state index in [0.717, 1.165) is 5.56 Å². The summed E-state index contributed by atoms with van der Waals surface area (Å²) in [5.74, 6) is -0.317. The van der Waals surface area contributed by atoms with E-state index >= 15 is 0 Å². The number of carbonyl (C=O) groups is 2. The van der Waals surface area contributed by atoms with E-state index in [2.05, 4.69) is 25.8 Å². The van der Waals surface area contributed by atoms with E-state index in [-0.39, 0.29) is 35.3 Å². The fourth-order valence-corrected chi connectivity index (χ4v) is 4.58. The fourth-order valence-electron chi connectivity index (χ4n) is 4.58. The van der Waals surface area contributed by atoms with Crippen LogP contribution in [0.4, 0.5) is 0 Å². The van der Waals surface area contributed by atoms with E-state index in [1.807, 2.05) is 36.4 Å². The number of hydrogen-bond donors (Lipinski definition) is 3. The van der Waals surface area contributed by atoms with Gasteiger partial charge in [-0.2, -0.15) is 0 Å². The number of nitrogens with one attached hydrogen (secondary N) is 3. The fraction of sp³-hybridized carbons (Fsp3) is 0.280. The smallest absolute Gasteiger partial charge is 0.292 e. The van der Waals surface area contributed by atoms with Crippen LogP contribution in [0.5, 0.6) is 0 Å². The van der Waals surface area contributed by atoms with Crippen molar-refractivity contribution in [2.75, 3.05) is 13.1 Å². The van der Waals surface area contributed by atoms with Gasteiger partial charge in [0, 0.05) is 18.7 Å². The van der Waals surface area contributed by atoms with Crippen molar-refractivity contribution in [2.45, 2.75) is 31.3 Å². The van der Waals surface area contributed by atoms with Crippen molar-refractivity contribution in [1.29, 1.82) is 0 Å². The first kappa shape index (κ1) is 23.2. The predicted octanol–water partition coefficient (Wildman–Crippen LogP) is 1.53. The lowest BCUT2D eigenvalue weighted by Crippen LogP contribution is -2.41. The van der Waals surface area contributed by atoms with Crippen LogP contribution in [-0.4, -0.2) is 55.0 Å². The van der Waals surface area contributed by atoms with Crippen LogP contribution < -0.4 is 16.4 Å². The molecule has 3 heterocycles. The first-order valence-electron chi connectivity index (χ1n) is 11.8. The van der Waals surface area contributed by atoms with Crippen LogP contribution in [0.15, 0.2) is 70.3 Å². The molecule has 0 saturated carbocycles. The Labute approximate surface area is 205 Å². The van der Waals surface area contributed by atoms with Crippen LogP contribution in [0.2, 0.25) is 0 Å². The van der Waals surface area contributed by atoms with Gasteiger partial charge in [0.05, 0.1) is 18.5 Å². The lowest BCUT2D eigenvalue weighted by atomic mass is 10.00. The third-order valence-electron chi connectivity index (χ3n) is 6.50. The van der Waals surface area contributed by atoms with E-state index in [9.17, 15) is 19.2 Å². The number of rotatable bonds is 6. The maximum atomic E-state index is 13.2. The molecule has 1 saturated heterocycles. The Morgan fingerprint density at radius 2 is 1.58 bits per heavy atom. The van der Waals surface area contributed by atoms with Gasteiger partial charge in [-0.1, -0.05) is 53.7 Å². The van der Waals surface area contributed by atoms with Crippen LogP contribution >= 0.6 is 0 Å². The standard InChI is InChI=1S/C25H25N7O4/c33-20(15-19(16-7-3-1-4-8-16)26-23(34)17-9-5-2-6-10-17)31-13-11-18(12-14-31)32-22-21(27-30-32)24(35)28-29-25(22)36/h1-10,18-19H,11-15H2,(H,26,34)(H,28,35)(H,29,36). The highest BCUT2D eigenvalue weighted by Crippen LogP contribution is 2.25. The molecule has 2 aromatic carbocycles. The average molecular weight is 488 g/mol. The monoisotopic (exact) mass is 487 g/mol.